The van der Waals surface area contributed by atoms with E-state index in [-0.39, 0.29) is 5.91 Å². The molecule has 0 bridgehead atoms. The van der Waals surface area contributed by atoms with Gasteiger partial charge in [-0.05, 0) is 41.6 Å². The summed E-state index contributed by atoms with van der Waals surface area (Å²) in [7, 11) is 3.49. The topological polar surface area (TPSA) is 46.3 Å². The number of likely N-dealkylation sites (N-methyl/N-ethyl adjacent to an activating group) is 1. The largest absolute Gasteiger partial charge is 0.431 e. The van der Waals surface area contributed by atoms with Gasteiger partial charge in [-0.3, -0.25) is 4.79 Å². The molecule has 0 saturated carbocycles. The molecule has 1 heterocycles. The van der Waals surface area contributed by atoms with Crippen molar-refractivity contribution in [2.75, 3.05) is 14.1 Å². The average Bonchev–Trinajstić information content (AvgIpc) is 3.09. The average molecular weight is 373 g/mol. The molecule has 25 heavy (non-hydrogen) atoms. The van der Waals surface area contributed by atoms with Crippen molar-refractivity contribution in [2.24, 2.45) is 0 Å². The van der Waals surface area contributed by atoms with Crippen LogP contribution < -0.4 is 0 Å². The second kappa shape index (κ2) is 7.76. The van der Waals surface area contributed by atoms with Gasteiger partial charge in [0.1, 0.15) is 5.25 Å². The lowest BCUT2D eigenvalue weighted by Crippen LogP contribution is -2.26. The van der Waals surface area contributed by atoms with Crippen LogP contribution in [0.4, 0.5) is 0 Å². The normalized spacial score (nSPS) is 12.0. The van der Waals surface area contributed by atoms with Crippen LogP contribution in [0.3, 0.4) is 0 Å². The van der Waals surface area contributed by atoms with E-state index in [4.69, 9.17) is 16.0 Å². The zero-order chi connectivity index (χ0) is 17.8. The van der Waals surface area contributed by atoms with E-state index in [1.165, 1.54) is 11.8 Å². The highest BCUT2D eigenvalue weighted by atomic mass is 35.5. The monoisotopic (exact) mass is 372 g/mol. The first kappa shape index (κ1) is 17.6. The summed E-state index contributed by atoms with van der Waals surface area (Å²) in [5.41, 5.74) is 1.80. The Kier molecular flexibility index (Phi) is 5.46. The Morgan fingerprint density at radius 2 is 1.80 bits per heavy atom. The van der Waals surface area contributed by atoms with Crippen molar-refractivity contribution in [3.8, 4) is 11.3 Å². The van der Waals surface area contributed by atoms with Crippen molar-refractivity contribution in [1.82, 2.24) is 9.88 Å². The highest BCUT2D eigenvalue weighted by molar-refractivity contribution is 8.00. The maximum Gasteiger partial charge on any atom is 0.257 e. The third kappa shape index (κ3) is 4.24. The number of halogens is 1. The minimum Gasteiger partial charge on any atom is -0.431 e. The van der Waals surface area contributed by atoms with Gasteiger partial charge in [-0.1, -0.05) is 41.9 Å². The van der Waals surface area contributed by atoms with Gasteiger partial charge in [0.15, 0.2) is 5.76 Å². The molecule has 1 aromatic heterocycles. The summed E-state index contributed by atoms with van der Waals surface area (Å²) in [5, 5.41) is 0.709. The van der Waals surface area contributed by atoms with Crippen LogP contribution in [0, 0.1) is 0 Å². The highest BCUT2D eigenvalue weighted by Gasteiger charge is 2.25. The highest BCUT2D eigenvalue weighted by Crippen LogP contribution is 2.37. The van der Waals surface area contributed by atoms with Crippen LogP contribution in [0.5, 0.6) is 0 Å². The summed E-state index contributed by atoms with van der Waals surface area (Å²) in [6.07, 6.45) is 1.66. The summed E-state index contributed by atoms with van der Waals surface area (Å²) in [6.45, 7) is 0. The molecule has 1 unspecified atom stereocenters. The number of amides is 1. The lowest BCUT2D eigenvalue weighted by molar-refractivity contribution is -0.128. The number of nitrogens with zero attached hydrogens (tertiary/aromatic N) is 2. The van der Waals surface area contributed by atoms with Crippen LogP contribution in [0.15, 0.2) is 70.4 Å². The molecule has 1 atom stereocenters. The minimum atomic E-state index is -0.409. The van der Waals surface area contributed by atoms with E-state index in [1.807, 2.05) is 42.5 Å². The summed E-state index contributed by atoms with van der Waals surface area (Å²) in [6, 6.07) is 17.0. The summed E-state index contributed by atoms with van der Waals surface area (Å²) >= 11 is 7.21. The Hall–Kier alpha value is -2.24. The predicted molar refractivity (Wildman–Crippen MR) is 101 cm³/mol. The molecule has 0 aliphatic carbocycles. The van der Waals surface area contributed by atoms with Gasteiger partial charge in [0, 0.05) is 24.7 Å². The molecule has 0 aliphatic rings. The van der Waals surface area contributed by atoms with Gasteiger partial charge >= 0.3 is 0 Å². The van der Waals surface area contributed by atoms with E-state index < -0.39 is 5.25 Å². The number of oxazole rings is 1. The first-order valence-corrected chi connectivity index (χ1v) is 8.95. The molecular weight excluding hydrogens is 356 g/mol. The number of thioether (sulfide) groups is 1. The predicted octanol–water partition coefficient (Wildman–Crippen LogP) is 4.92. The number of aromatic nitrogens is 1. The van der Waals surface area contributed by atoms with Crippen molar-refractivity contribution in [2.45, 2.75) is 10.5 Å². The summed E-state index contributed by atoms with van der Waals surface area (Å²) in [4.78, 5) is 18.5. The number of carbonyl (C=O) groups is 1. The zero-order valence-corrected chi connectivity index (χ0v) is 15.4. The summed E-state index contributed by atoms with van der Waals surface area (Å²) in [5.74, 6) is 0.630. The fourth-order valence-corrected chi connectivity index (χ4v) is 3.47. The Balaban J connectivity index is 1.85. The second-order valence-corrected chi connectivity index (χ2v) is 7.13. The molecule has 0 aliphatic heterocycles. The first-order valence-electron chi connectivity index (χ1n) is 7.69. The maximum atomic E-state index is 12.6. The van der Waals surface area contributed by atoms with Crippen molar-refractivity contribution in [3.05, 3.63) is 71.4 Å². The van der Waals surface area contributed by atoms with E-state index in [0.717, 1.165) is 11.1 Å². The van der Waals surface area contributed by atoms with Crippen molar-refractivity contribution >= 4 is 29.3 Å². The molecule has 1 amide bonds. The molecule has 0 saturated heterocycles. The van der Waals surface area contributed by atoms with Crippen LogP contribution >= 0.6 is 23.4 Å². The smallest absolute Gasteiger partial charge is 0.257 e. The molecule has 0 radical (unpaired) electrons. The van der Waals surface area contributed by atoms with Crippen LogP contribution in [0.1, 0.15) is 10.8 Å². The van der Waals surface area contributed by atoms with E-state index >= 15 is 0 Å². The van der Waals surface area contributed by atoms with Gasteiger partial charge < -0.3 is 9.32 Å². The van der Waals surface area contributed by atoms with Crippen LogP contribution in [0.2, 0.25) is 5.02 Å². The maximum absolute atomic E-state index is 12.6. The zero-order valence-electron chi connectivity index (χ0n) is 13.8. The Morgan fingerprint density at radius 1 is 1.12 bits per heavy atom. The lowest BCUT2D eigenvalue weighted by atomic mass is 10.1. The number of hydrogen-bond donors (Lipinski definition) is 0. The van der Waals surface area contributed by atoms with E-state index in [0.29, 0.717) is 16.0 Å². The molecule has 0 spiro atoms. The summed E-state index contributed by atoms with van der Waals surface area (Å²) < 4.78 is 5.83. The minimum absolute atomic E-state index is 0.0116. The van der Waals surface area contributed by atoms with Gasteiger partial charge in [-0.15, -0.1) is 0 Å². The molecular formula is C19H17ClN2O2S. The van der Waals surface area contributed by atoms with Crippen molar-refractivity contribution in [1.29, 1.82) is 0 Å². The number of benzene rings is 2. The lowest BCUT2D eigenvalue weighted by Gasteiger charge is -2.19. The Bertz CT molecular complexity index is 847. The van der Waals surface area contributed by atoms with Crippen LogP contribution in [-0.4, -0.2) is 29.9 Å². The Morgan fingerprint density at radius 3 is 2.44 bits per heavy atom. The van der Waals surface area contributed by atoms with Gasteiger partial charge in [0.25, 0.3) is 5.22 Å². The van der Waals surface area contributed by atoms with Gasteiger partial charge in [0.2, 0.25) is 5.91 Å². The first-order chi connectivity index (χ1) is 12.0. The number of carbonyl (C=O) groups excluding carboxylic acids is 1. The third-order valence-electron chi connectivity index (χ3n) is 3.60. The molecule has 3 aromatic rings. The van der Waals surface area contributed by atoms with Crippen molar-refractivity contribution in [3.63, 3.8) is 0 Å². The van der Waals surface area contributed by atoms with Crippen molar-refractivity contribution < 1.29 is 9.21 Å². The SMILES string of the molecule is CN(C)C(=O)C(Sc1ncc(-c2ccc(Cl)cc2)o1)c1ccccc1. The van der Waals surface area contributed by atoms with Crippen LogP contribution in [0.25, 0.3) is 11.3 Å². The fraction of sp³-hybridized carbons (Fsp3) is 0.158. The second-order valence-electron chi connectivity index (χ2n) is 5.64. The molecule has 0 N–H and O–H groups in total. The van der Waals surface area contributed by atoms with Gasteiger partial charge in [0.05, 0.1) is 6.20 Å². The van der Waals surface area contributed by atoms with Gasteiger partial charge in [-0.2, -0.15) is 0 Å². The number of rotatable bonds is 5. The molecule has 128 valence electrons. The molecule has 0 fully saturated rings. The fourth-order valence-electron chi connectivity index (χ4n) is 2.28. The van der Waals surface area contributed by atoms with E-state index in [9.17, 15) is 4.79 Å². The van der Waals surface area contributed by atoms with E-state index in [2.05, 4.69) is 4.98 Å². The number of hydrogen-bond acceptors (Lipinski definition) is 4. The molecule has 3 rings (SSSR count). The van der Waals surface area contributed by atoms with E-state index in [1.54, 1.807) is 37.3 Å². The quantitative estimate of drug-likeness (QED) is 0.596. The Labute approximate surface area is 155 Å². The molecule has 2 aromatic carbocycles. The van der Waals surface area contributed by atoms with Crippen LogP contribution in [-0.2, 0) is 4.79 Å². The standard InChI is InChI=1S/C19H17ClN2O2S/c1-22(2)18(23)17(14-6-4-3-5-7-14)25-19-21-12-16(24-19)13-8-10-15(20)11-9-13/h3-12,17H,1-2H3. The molecule has 6 heteroatoms. The van der Waals surface area contributed by atoms with Gasteiger partial charge in [-0.25, -0.2) is 4.98 Å². The third-order valence-corrected chi connectivity index (χ3v) is 4.95. The molecule has 4 nitrogen and oxygen atoms in total.